The van der Waals surface area contributed by atoms with Gasteiger partial charge in [0.15, 0.2) is 0 Å². The molecular formula is C13H14OS. The lowest BCUT2D eigenvalue weighted by atomic mass is 10.1. The SMILES string of the molecule is Cc1cc(C#CC2COC2)c(C2CC2)s1. The Morgan fingerprint density at radius 2 is 2.20 bits per heavy atom. The van der Waals surface area contributed by atoms with E-state index in [0.29, 0.717) is 5.92 Å². The molecule has 1 aromatic heterocycles. The fourth-order valence-corrected chi connectivity index (χ4v) is 2.92. The molecule has 0 bridgehead atoms. The van der Waals surface area contributed by atoms with Gasteiger partial charge < -0.3 is 4.74 Å². The van der Waals surface area contributed by atoms with Crippen molar-refractivity contribution in [3.05, 3.63) is 21.4 Å². The Morgan fingerprint density at radius 1 is 1.40 bits per heavy atom. The predicted molar refractivity (Wildman–Crippen MR) is 62.2 cm³/mol. The largest absolute Gasteiger partial charge is 0.379 e. The van der Waals surface area contributed by atoms with Crippen LogP contribution in [0.2, 0.25) is 0 Å². The first-order chi connectivity index (χ1) is 7.33. The monoisotopic (exact) mass is 218 g/mol. The lowest BCUT2D eigenvalue weighted by molar-refractivity contribution is -0.00300. The highest BCUT2D eigenvalue weighted by atomic mass is 32.1. The Hall–Kier alpha value is -0.780. The normalized spacial score (nSPS) is 20.6. The summed E-state index contributed by atoms with van der Waals surface area (Å²) in [6.07, 6.45) is 2.72. The minimum Gasteiger partial charge on any atom is -0.379 e. The summed E-state index contributed by atoms with van der Waals surface area (Å²) in [6.45, 7) is 3.83. The minimum atomic E-state index is 0.484. The van der Waals surface area contributed by atoms with E-state index in [-0.39, 0.29) is 0 Å². The van der Waals surface area contributed by atoms with Gasteiger partial charge in [-0.2, -0.15) is 0 Å². The third-order valence-corrected chi connectivity index (χ3v) is 4.09. The molecule has 2 fully saturated rings. The second-order valence-electron chi connectivity index (χ2n) is 4.41. The molecule has 0 spiro atoms. The summed E-state index contributed by atoms with van der Waals surface area (Å²) in [4.78, 5) is 2.92. The summed E-state index contributed by atoms with van der Waals surface area (Å²) < 4.78 is 5.12. The highest BCUT2D eigenvalue weighted by Gasteiger charge is 2.27. The van der Waals surface area contributed by atoms with E-state index in [1.165, 1.54) is 28.2 Å². The van der Waals surface area contributed by atoms with Crippen LogP contribution in [0.15, 0.2) is 6.07 Å². The van der Waals surface area contributed by atoms with Gasteiger partial charge in [0.05, 0.1) is 19.1 Å². The van der Waals surface area contributed by atoms with Crippen LogP contribution in [-0.4, -0.2) is 13.2 Å². The molecule has 0 atom stereocenters. The molecule has 2 heteroatoms. The van der Waals surface area contributed by atoms with Crippen molar-refractivity contribution in [1.29, 1.82) is 0 Å². The maximum Gasteiger partial charge on any atom is 0.0674 e. The molecule has 1 aromatic rings. The first-order valence-electron chi connectivity index (χ1n) is 5.52. The number of aryl methyl sites for hydroxylation is 1. The summed E-state index contributed by atoms with van der Waals surface area (Å²) in [5, 5.41) is 0. The van der Waals surface area contributed by atoms with E-state index in [1.807, 2.05) is 11.3 Å². The summed E-state index contributed by atoms with van der Waals surface area (Å²) in [6, 6.07) is 2.24. The first kappa shape index (κ1) is 9.45. The molecule has 2 aliphatic rings. The average molecular weight is 218 g/mol. The molecule has 0 unspecified atom stereocenters. The molecule has 3 rings (SSSR count). The van der Waals surface area contributed by atoms with Gasteiger partial charge in [-0.25, -0.2) is 0 Å². The van der Waals surface area contributed by atoms with Crippen molar-refractivity contribution in [3.63, 3.8) is 0 Å². The van der Waals surface area contributed by atoms with E-state index in [2.05, 4.69) is 24.8 Å². The van der Waals surface area contributed by atoms with Gasteiger partial charge >= 0.3 is 0 Å². The number of rotatable bonds is 1. The van der Waals surface area contributed by atoms with E-state index < -0.39 is 0 Å². The molecular weight excluding hydrogens is 204 g/mol. The molecule has 1 nitrogen and oxygen atoms in total. The van der Waals surface area contributed by atoms with Crippen molar-refractivity contribution in [3.8, 4) is 11.8 Å². The minimum absolute atomic E-state index is 0.484. The third kappa shape index (κ3) is 1.95. The molecule has 1 saturated heterocycles. The molecule has 0 radical (unpaired) electrons. The van der Waals surface area contributed by atoms with Gasteiger partial charge in [-0.1, -0.05) is 11.8 Å². The van der Waals surface area contributed by atoms with Crippen molar-refractivity contribution in [2.75, 3.05) is 13.2 Å². The highest BCUT2D eigenvalue weighted by Crippen LogP contribution is 2.45. The smallest absolute Gasteiger partial charge is 0.0674 e. The van der Waals surface area contributed by atoms with Crippen molar-refractivity contribution in [2.45, 2.75) is 25.7 Å². The lowest BCUT2D eigenvalue weighted by Crippen LogP contribution is -2.25. The number of thiophene rings is 1. The van der Waals surface area contributed by atoms with Crippen LogP contribution in [0.25, 0.3) is 0 Å². The Balaban J connectivity index is 1.84. The van der Waals surface area contributed by atoms with Crippen molar-refractivity contribution in [1.82, 2.24) is 0 Å². The zero-order valence-electron chi connectivity index (χ0n) is 8.88. The van der Waals surface area contributed by atoms with Gasteiger partial charge in [-0.15, -0.1) is 11.3 Å². The summed E-state index contributed by atoms with van der Waals surface area (Å²) in [5.41, 5.74) is 1.28. The van der Waals surface area contributed by atoms with Crippen LogP contribution in [0.1, 0.15) is 34.1 Å². The Labute approximate surface area is 94.5 Å². The van der Waals surface area contributed by atoms with E-state index in [9.17, 15) is 0 Å². The standard InChI is InChI=1S/C13H14OS/c1-9-6-12(3-2-10-7-14-8-10)13(15-9)11-4-5-11/h6,10-11H,4-5,7-8H2,1H3. The van der Waals surface area contributed by atoms with Crippen LogP contribution in [0.4, 0.5) is 0 Å². The van der Waals surface area contributed by atoms with Crippen LogP contribution in [0.5, 0.6) is 0 Å². The summed E-state index contributed by atoms with van der Waals surface area (Å²) in [7, 11) is 0. The van der Waals surface area contributed by atoms with Crippen LogP contribution in [0, 0.1) is 24.7 Å². The van der Waals surface area contributed by atoms with Crippen LogP contribution < -0.4 is 0 Å². The number of ether oxygens (including phenoxy) is 1. The molecule has 15 heavy (non-hydrogen) atoms. The number of hydrogen-bond donors (Lipinski definition) is 0. The van der Waals surface area contributed by atoms with Crippen molar-refractivity contribution in [2.24, 2.45) is 5.92 Å². The molecule has 1 aliphatic carbocycles. The van der Waals surface area contributed by atoms with E-state index >= 15 is 0 Å². The molecule has 2 heterocycles. The average Bonchev–Trinajstić information content (AvgIpc) is 2.89. The molecule has 1 aliphatic heterocycles. The van der Waals surface area contributed by atoms with E-state index in [4.69, 9.17) is 4.74 Å². The second-order valence-corrected chi connectivity index (χ2v) is 5.70. The van der Waals surface area contributed by atoms with E-state index in [0.717, 1.165) is 19.1 Å². The highest BCUT2D eigenvalue weighted by molar-refractivity contribution is 7.12. The van der Waals surface area contributed by atoms with E-state index in [1.54, 1.807) is 0 Å². The second kappa shape index (κ2) is 3.66. The molecule has 0 aromatic carbocycles. The fraction of sp³-hybridized carbons (Fsp3) is 0.538. The van der Waals surface area contributed by atoms with Gasteiger partial charge in [0.1, 0.15) is 0 Å². The predicted octanol–water partition coefficient (Wildman–Crippen LogP) is 2.93. The first-order valence-corrected chi connectivity index (χ1v) is 6.34. The zero-order valence-corrected chi connectivity index (χ0v) is 9.69. The van der Waals surface area contributed by atoms with Crippen molar-refractivity contribution >= 4 is 11.3 Å². The lowest BCUT2D eigenvalue weighted by Gasteiger charge is -2.19. The van der Waals surface area contributed by atoms with Crippen LogP contribution in [0.3, 0.4) is 0 Å². The Bertz CT molecular complexity index is 427. The molecule has 0 N–H and O–H groups in total. The maximum atomic E-state index is 5.12. The topological polar surface area (TPSA) is 9.23 Å². The maximum absolute atomic E-state index is 5.12. The molecule has 0 amide bonds. The molecule has 1 saturated carbocycles. The fourth-order valence-electron chi connectivity index (χ4n) is 1.78. The van der Waals surface area contributed by atoms with Crippen molar-refractivity contribution < 1.29 is 4.74 Å². The summed E-state index contributed by atoms with van der Waals surface area (Å²) in [5.74, 6) is 7.95. The molecule has 78 valence electrons. The zero-order chi connectivity index (χ0) is 10.3. The van der Waals surface area contributed by atoms with Gasteiger partial charge in [0.2, 0.25) is 0 Å². The Kier molecular flexibility index (Phi) is 2.31. The third-order valence-electron chi connectivity index (χ3n) is 2.88. The van der Waals surface area contributed by atoms with Gasteiger partial charge in [0.25, 0.3) is 0 Å². The van der Waals surface area contributed by atoms with Gasteiger partial charge in [-0.3, -0.25) is 0 Å². The Morgan fingerprint density at radius 3 is 2.80 bits per heavy atom. The number of hydrogen-bond acceptors (Lipinski definition) is 2. The van der Waals surface area contributed by atoms with Crippen LogP contribution in [-0.2, 0) is 4.74 Å². The van der Waals surface area contributed by atoms with Gasteiger partial charge in [0, 0.05) is 15.3 Å². The quantitative estimate of drug-likeness (QED) is 0.659. The van der Waals surface area contributed by atoms with Crippen LogP contribution >= 0.6 is 11.3 Å². The van der Waals surface area contributed by atoms with Gasteiger partial charge in [-0.05, 0) is 31.7 Å². The summed E-state index contributed by atoms with van der Waals surface area (Å²) >= 11 is 1.93.